The van der Waals surface area contributed by atoms with Gasteiger partial charge in [0.15, 0.2) is 0 Å². The lowest BCUT2D eigenvalue weighted by molar-refractivity contribution is 0.125. The molecule has 2 unspecified atom stereocenters. The highest BCUT2D eigenvalue weighted by atomic mass is 15.3. The van der Waals surface area contributed by atoms with E-state index in [1.807, 2.05) is 0 Å². The van der Waals surface area contributed by atoms with Gasteiger partial charge in [-0.1, -0.05) is 18.2 Å². The summed E-state index contributed by atoms with van der Waals surface area (Å²) in [5, 5.41) is 0. The highest BCUT2D eigenvalue weighted by Gasteiger charge is 2.33. The third-order valence-corrected chi connectivity index (χ3v) is 4.39. The minimum atomic E-state index is 0.676. The van der Waals surface area contributed by atoms with E-state index in [1.54, 1.807) is 0 Å². The molecule has 1 aromatic rings. The third kappa shape index (κ3) is 2.54. The Hall–Kier alpha value is -1.02. The molecule has 0 aromatic heterocycles. The first-order valence-electron chi connectivity index (χ1n) is 7.30. The number of para-hydroxylation sites is 1. The summed E-state index contributed by atoms with van der Waals surface area (Å²) in [6.07, 6.45) is 2.91. The number of hydrogen-bond acceptors (Lipinski definition) is 2. The molecule has 18 heavy (non-hydrogen) atoms. The van der Waals surface area contributed by atoms with E-state index in [1.165, 1.54) is 38.2 Å². The van der Waals surface area contributed by atoms with Gasteiger partial charge in [-0.15, -0.1) is 0 Å². The highest BCUT2D eigenvalue weighted by molar-refractivity contribution is 5.46. The van der Waals surface area contributed by atoms with Gasteiger partial charge in [0.25, 0.3) is 0 Å². The monoisotopic (exact) mass is 244 g/mol. The minimum absolute atomic E-state index is 0.676. The highest BCUT2D eigenvalue weighted by Crippen LogP contribution is 2.32. The van der Waals surface area contributed by atoms with Gasteiger partial charge in [-0.2, -0.15) is 0 Å². The SMILES string of the molecule is CC1CN(c2ccccc2)CC(C)N1CC1CC1. The van der Waals surface area contributed by atoms with E-state index in [-0.39, 0.29) is 0 Å². The summed E-state index contributed by atoms with van der Waals surface area (Å²) in [6, 6.07) is 12.2. The standard InChI is InChI=1S/C16H24N2/c1-13-10-17(16-6-4-3-5-7-16)11-14(2)18(13)12-15-8-9-15/h3-7,13-15H,8-12H2,1-2H3. The quantitative estimate of drug-likeness (QED) is 0.806. The maximum absolute atomic E-state index is 2.72. The summed E-state index contributed by atoms with van der Waals surface area (Å²) in [6.45, 7) is 8.43. The molecule has 1 saturated heterocycles. The third-order valence-electron chi connectivity index (χ3n) is 4.39. The fraction of sp³-hybridized carbons (Fsp3) is 0.625. The van der Waals surface area contributed by atoms with Crippen molar-refractivity contribution in [3.8, 4) is 0 Å². The lowest BCUT2D eigenvalue weighted by atomic mass is 10.1. The molecule has 3 rings (SSSR count). The molecule has 1 heterocycles. The lowest BCUT2D eigenvalue weighted by Gasteiger charge is -2.45. The van der Waals surface area contributed by atoms with Crippen LogP contribution in [0.15, 0.2) is 30.3 Å². The van der Waals surface area contributed by atoms with Gasteiger partial charge in [-0.3, -0.25) is 4.90 Å². The Morgan fingerprint density at radius 3 is 2.17 bits per heavy atom. The molecule has 0 spiro atoms. The Kier molecular flexibility index (Phi) is 3.29. The van der Waals surface area contributed by atoms with Gasteiger partial charge in [0.1, 0.15) is 0 Å². The summed E-state index contributed by atoms with van der Waals surface area (Å²) in [7, 11) is 0. The molecule has 1 aliphatic heterocycles. The van der Waals surface area contributed by atoms with Gasteiger partial charge in [0.05, 0.1) is 0 Å². The van der Waals surface area contributed by atoms with E-state index < -0.39 is 0 Å². The normalized spacial score (nSPS) is 29.6. The number of benzene rings is 1. The Labute approximate surface area is 111 Å². The topological polar surface area (TPSA) is 6.48 Å². The van der Waals surface area contributed by atoms with Crippen LogP contribution in [0.2, 0.25) is 0 Å². The van der Waals surface area contributed by atoms with Crippen LogP contribution in [0.1, 0.15) is 26.7 Å². The molecule has 1 aliphatic carbocycles. The number of rotatable bonds is 3. The van der Waals surface area contributed by atoms with E-state index in [0.717, 1.165) is 5.92 Å². The molecule has 98 valence electrons. The minimum Gasteiger partial charge on any atom is -0.368 e. The van der Waals surface area contributed by atoms with E-state index in [0.29, 0.717) is 12.1 Å². The largest absolute Gasteiger partial charge is 0.368 e. The van der Waals surface area contributed by atoms with Crippen molar-refractivity contribution in [2.45, 2.75) is 38.8 Å². The van der Waals surface area contributed by atoms with Crippen molar-refractivity contribution < 1.29 is 0 Å². The Bertz CT molecular complexity index is 373. The zero-order valence-corrected chi connectivity index (χ0v) is 11.5. The Morgan fingerprint density at radius 1 is 1.00 bits per heavy atom. The van der Waals surface area contributed by atoms with Gasteiger partial charge < -0.3 is 4.90 Å². The van der Waals surface area contributed by atoms with Crippen LogP contribution in [-0.4, -0.2) is 36.6 Å². The Morgan fingerprint density at radius 2 is 1.61 bits per heavy atom. The molecule has 2 atom stereocenters. The fourth-order valence-electron chi connectivity index (χ4n) is 3.16. The van der Waals surface area contributed by atoms with E-state index in [2.05, 4.69) is 54.0 Å². The molecule has 0 N–H and O–H groups in total. The molecule has 0 radical (unpaired) electrons. The van der Waals surface area contributed by atoms with Gasteiger partial charge in [0, 0.05) is 37.4 Å². The predicted octanol–water partition coefficient (Wildman–Crippen LogP) is 3.00. The molecular weight excluding hydrogens is 220 g/mol. The molecular formula is C16H24N2. The van der Waals surface area contributed by atoms with Crippen molar-refractivity contribution >= 4 is 5.69 Å². The summed E-state index contributed by atoms with van der Waals surface area (Å²) in [5.74, 6) is 0.998. The second kappa shape index (κ2) is 4.93. The van der Waals surface area contributed by atoms with Gasteiger partial charge in [-0.05, 0) is 44.7 Å². The second-order valence-corrected chi connectivity index (χ2v) is 6.08. The van der Waals surface area contributed by atoms with Crippen molar-refractivity contribution in [2.75, 3.05) is 24.5 Å². The molecule has 1 aromatic carbocycles. The zero-order valence-electron chi connectivity index (χ0n) is 11.5. The van der Waals surface area contributed by atoms with Crippen LogP contribution < -0.4 is 4.90 Å². The average molecular weight is 244 g/mol. The maximum atomic E-state index is 2.72. The first kappa shape index (κ1) is 12.0. The number of piperazine rings is 1. The first-order chi connectivity index (χ1) is 8.74. The van der Waals surface area contributed by atoms with Crippen LogP contribution in [0.4, 0.5) is 5.69 Å². The van der Waals surface area contributed by atoms with Crippen LogP contribution in [0.5, 0.6) is 0 Å². The van der Waals surface area contributed by atoms with Crippen molar-refractivity contribution in [1.29, 1.82) is 0 Å². The van der Waals surface area contributed by atoms with Crippen molar-refractivity contribution in [2.24, 2.45) is 5.92 Å². The number of nitrogens with zero attached hydrogens (tertiary/aromatic N) is 2. The lowest BCUT2D eigenvalue weighted by Crippen LogP contribution is -2.57. The Balaban J connectivity index is 1.67. The number of hydrogen-bond donors (Lipinski definition) is 0. The molecule has 2 aliphatic rings. The number of anilines is 1. The van der Waals surface area contributed by atoms with E-state index in [9.17, 15) is 0 Å². The molecule has 2 fully saturated rings. The van der Waals surface area contributed by atoms with Crippen LogP contribution in [0.3, 0.4) is 0 Å². The maximum Gasteiger partial charge on any atom is 0.0367 e. The predicted molar refractivity (Wildman–Crippen MR) is 77.0 cm³/mol. The molecule has 2 nitrogen and oxygen atoms in total. The molecule has 0 amide bonds. The van der Waals surface area contributed by atoms with Crippen LogP contribution >= 0.6 is 0 Å². The fourth-order valence-corrected chi connectivity index (χ4v) is 3.16. The summed E-state index contributed by atoms with van der Waals surface area (Å²) >= 11 is 0. The molecule has 1 saturated carbocycles. The van der Waals surface area contributed by atoms with E-state index in [4.69, 9.17) is 0 Å². The average Bonchev–Trinajstić information content (AvgIpc) is 3.18. The zero-order chi connectivity index (χ0) is 12.5. The van der Waals surface area contributed by atoms with Crippen LogP contribution in [0.25, 0.3) is 0 Å². The van der Waals surface area contributed by atoms with Crippen molar-refractivity contribution in [1.82, 2.24) is 4.90 Å². The van der Waals surface area contributed by atoms with Crippen molar-refractivity contribution in [3.05, 3.63) is 30.3 Å². The van der Waals surface area contributed by atoms with E-state index >= 15 is 0 Å². The second-order valence-electron chi connectivity index (χ2n) is 6.08. The van der Waals surface area contributed by atoms with Gasteiger partial charge >= 0.3 is 0 Å². The molecule has 0 bridgehead atoms. The van der Waals surface area contributed by atoms with Gasteiger partial charge in [-0.25, -0.2) is 0 Å². The van der Waals surface area contributed by atoms with Gasteiger partial charge in [0.2, 0.25) is 0 Å². The summed E-state index contributed by atoms with van der Waals surface area (Å²) < 4.78 is 0. The van der Waals surface area contributed by atoms with Crippen LogP contribution in [-0.2, 0) is 0 Å². The van der Waals surface area contributed by atoms with Crippen LogP contribution in [0, 0.1) is 5.92 Å². The van der Waals surface area contributed by atoms with Crippen molar-refractivity contribution in [3.63, 3.8) is 0 Å². The molecule has 2 heteroatoms. The smallest absolute Gasteiger partial charge is 0.0367 e. The summed E-state index contributed by atoms with van der Waals surface area (Å²) in [5.41, 5.74) is 1.38. The first-order valence-corrected chi connectivity index (χ1v) is 7.30. The summed E-state index contributed by atoms with van der Waals surface area (Å²) in [4.78, 5) is 5.26.